The average Bonchev–Trinajstić information content (AvgIpc) is 2.48. The molecule has 1 N–H and O–H groups in total. The van der Waals surface area contributed by atoms with Crippen LogP contribution in [0.1, 0.15) is 41.7 Å². The van der Waals surface area contributed by atoms with Gasteiger partial charge in [0.05, 0.1) is 25.0 Å². The highest BCUT2D eigenvalue weighted by molar-refractivity contribution is 5.90. The van der Waals surface area contributed by atoms with Gasteiger partial charge in [-0.2, -0.15) is 0 Å². The third-order valence-corrected chi connectivity index (χ3v) is 3.59. The summed E-state index contributed by atoms with van der Waals surface area (Å²) in [5.74, 6) is 0.193. The van der Waals surface area contributed by atoms with E-state index in [1.807, 2.05) is 0 Å². The monoisotopic (exact) mass is 278 g/mol. The number of nitrogens with zero attached hydrogens (tertiary/aromatic N) is 1. The second-order valence-corrected chi connectivity index (χ2v) is 5.06. The number of carbonyl (C=O) groups is 1. The molecule has 110 valence electrons. The number of hydrogen-bond donors (Lipinski definition) is 1. The van der Waals surface area contributed by atoms with Crippen molar-refractivity contribution < 1.29 is 14.3 Å². The van der Waals surface area contributed by atoms with Crippen molar-refractivity contribution in [2.45, 2.75) is 38.6 Å². The minimum absolute atomic E-state index is 0.368. The van der Waals surface area contributed by atoms with Crippen LogP contribution < -0.4 is 10.1 Å². The second-order valence-electron chi connectivity index (χ2n) is 5.06. The molecule has 0 bridgehead atoms. The van der Waals surface area contributed by atoms with Gasteiger partial charge in [-0.05, 0) is 38.8 Å². The van der Waals surface area contributed by atoms with E-state index in [9.17, 15) is 4.79 Å². The van der Waals surface area contributed by atoms with Crippen molar-refractivity contribution in [2.24, 2.45) is 0 Å². The number of piperidine rings is 1. The van der Waals surface area contributed by atoms with Gasteiger partial charge in [0, 0.05) is 12.1 Å². The largest absolute Gasteiger partial charge is 0.478 e. The van der Waals surface area contributed by atoms with Gasteiger partial charge < -0.3 is 14.8 Å². The summed E-state index contributed by atoms with van der Waals surface area (Å²) in [4.78, 5) is 15.7. The Morgan fingerprint density at radius 2 is 2.30 bits per heavy atom. The third kappa shape index (κ3) is 3.93. The Morgan fingerprint density at radius 1 is 1.45 bits per heavy atom. The minimum atomic E-state index is -0.368. The molecule has 0 saturated carbocycles. The number of esters is 1. The number of ether oxygens (including phenoxy) is 2. The summed E-state index contributed by atoms with van der Waals surface area (Å²) in [6.45, 7) is 3.53. The molecule has 1 fully saturated rings. The van der Waals surface area contributed by atoms with Crippen molar-refractivity contribution in [3.63, 3.8) is 0 Å². The van der Waals surface area contributed by atoms with Gasteiger partial charge in [0.25, 0.3) is 0 Å². The van der Waals surface area contributed by atoms with E-state index in [1.54, 1.807) is 19.1 Å². The van der Waals surface area contributed by atoms with Crippen LogP contribution in [0.25, 0.3) is 0 Å². The van der Waals surface area contributed by atoms with Crippen LogP contribution in [0.2, 0.25) is 0 Å². The molecule has 0 amide bonds. The standard InChI is InChI=1S/C15H22N2O3/c1-11-13(15(18)19-2)6-7-14(17-11)20-10-8-12-5-3-4-9-16-12/h6-7,12,16H,3-5,8-10H2,1-2H3. The van der Waals surface area contributed by atoms with E-state index in [0.29, 0.717) is 29.8 Å². The zero-order valence-corrected chi connectivity index (χ0v) is 12.1. The molecule has 1 aliphatic heterocycles. The summed E-state index contributed by atoms with van der Waals surface area (Å²) in [5, 5.41) is 3.49. The molecular formula is C15H22N2O3. The lowest BCUT2D eigenvalue weighted by molar-refractivity contribution is 0.0599. The fourth-order valence-corrected chi connectivity index (χ4v) is 2.42. The van der Waals surface area contributed by atoms with Gasteiger partial charge in [-0.15, -0.1) is 0 Å². The highest BCUT2D eigenvalue weighted by Crippen LogP contribution is 2.15. The van der Waals surface area contributed by atoms with E-state index in [0.717, 1.165) is 13.0 Å². The average molecular weight is 278 g/mol. The highest BCUT2D eigenvalue weighted by atomic mass is 16.5. The van der Waals surface area contributed by atoms with Crippen LogP contribution in [0.15, 0.2) is 12.1 Å². The van der Waals surface area contributed by atoms with E-state index in [-0.39, 0.29) is 5.97 Å². The van der Waals surface area contributed by atoms with Crippen molar-refractivity contribution in [3.8, 4) is 5.88 Å². The van der Waals surface area contributed by atoms with Crippen molar-refractivity contribution in [1.82, 2.24) is 10.3 Å². The quantitative estimate of drug-likeness (QED) is 0.836. The van der Waals surface area contributed by atoms with Gasteiger partial charge in [-0.1, -0.05) is 6.42 Å². The number of methoxy groups -OCH3 is 1. The number of aromatic nitrogens is 1. The maximum atomic E-state index is 11.5. The SMILES string of the molecule is COC(=O)c1ccc(OCCC2CCCCN2)nc1C. The Kier molecular flexibility index (Phi) is 5.35. The van der Waals surface area contributed by atoms with E-state index in [2.05, 4.69) is 15.0 Å². The molecule has 5 nitrogen and oxygen atoms in total. The van der Waals surface area contributed by atoms with Crippen molar-refractivity contribution in [1.29, 1.82) is 0 Å². The molecular weight excluding hydrogens is 256 g/mol. The molecule has 0 radical (unpaired) electrons. The Balaban J connectivity index is 1.84. The lowest BCUT2D eigenvalue weighted by atomic mass is 10.0. The third-order valence-electron chi connectivity index (χ3n) is 3.59. The molecule has 5 heteroatoms. The van der Waals surface area contributed by atoms with Crippen molar-refractivity contribution in [2.75, 3.05) is 20.3 Å². The number of carbonyl (C=O) groups excluding carboxylic acids is 1. The lowest BCUT2D eigenvalue weighted by Crippen LogP contribution is -2.35. The van der Waals surface area contributed by atoms with E-state index in [1.165, 1.54) is 26.4 Å². The predicted molar refractivity (Wildman–Crippen MR) is 76.1 cm³/mol. The summed E-state index contributed by atoms with van der Waals surface area (Å²) in [6, 6.07) is 3.97. The van der Waals surface area contributed by atoms with Crippen LogP contribution in [-0.4, -0.2) is 37.3 Å². The number of rotatable bonds is 5. The normalized spacial score (nSPS) is 18.6. The van der Waals surface area contributed by atoms with Crippen LogP contribution in [0, 0.1) is 6.92 Å². The molecule has 2 heterocycles. The highest BCUT2D eigenvalue weighted by Gasteiger charge is 2.13. The van der Waals surface area contributed by atoms with E-state index in [4.69, 9.17) is 4.74 Å². The summed E-state index contributed by atoms with van der Waals surface area (Å²) >= 11 is 0. The van der Waals surface area contributed by atoms with E-state index >= 15 is 0 Å². The molecule has 1 aliphatic rings. The van der Waals surface area contributed by atoms with Crippen LogP contribution in [0.5, 0.6) is 5.88 Å². The van der Waals surface area contributed by atoms with Gasteiger partial charge in [-0.3, -0.25) is 0 Å². The number of nitrogens with one attached hydrogen (secondary N) is 1. The molecule has 1 aromatic heterocycles. The fraction of sp³-hybridized carbons (Fsp3) is 0.600. The summed E-state index contributed by atoms with van der Waals surface area (Å²) in [5.41, 5.74) is 1.11. The topological polar surface area (TPSA) is 60.5 Å². The molecule has 0 spiro atoms. The summed E-state index contributed by atoms with van der Waals surface area (Å²) in [6.07, 6.45) is 4.77. The zero-order chi connectivity index (χ0) is 14.4. The summed E-state index contributed by atoms with van der Waals surface area (Å²) in [7, 11) is 1.36. The smallest absolute Gasteiger partial charge is 0.339 e. The molecule has 0 aromatic carbocycles. The van der Waals surface area contributed by atoms with Gasteiger partial charge in [0.15, 0.2) is 0 Å². The Bertz CT molecular complexity index is 456. The van der Waals surface area contributed by atoms with Crippen LogP contribution >= 0.6 is 0 Å². The van der Waals surface area contributed by atoms with Crippen molar-refractivity contribution >= 4 is 5.97 Å². The molecule has 0 aliphatic carbocycles. The number of pyridine rings is 1. The predicted octanol–water partition coefficient (Wildman–Crippen LogP) is 2.09. The number of aryl methyl sites for hydroxylation is 1. The zero-order valence-electron chi connectivity index (χ0n) is 12.1. The van der Waals surface area contributed by atoms with Gasteiger partial charge in [0.2, 0.25) is 5.88 Å². The van der Waals surface area contributed by atoms with Crippen LogP contribution in [0.4, 0.5) is 0 Å². The minimum Gasteiger partial charge on any atom is -0.478 e. The first kappa shape index (κ1) is 14.8. The van der Waals surface area contributed by atoms with E-state index < -0.39 is 0 Å². The molecule has 1 aromatic rings. The molecule has 20 heavy (non-hydrogen) atoms. The van der Waals surface area contributed by atoms with Gasteiger partial charge >= 0.3 is 5.97 Å². The first-order valence-corrected chi connectivity index (χ1v) is 7.13. The lowest BCUT2D eigenvalue weighted by Gasteiger charge is -2.23. The molecule has 1 saturated heterocycles. The Hall–Kier alpha value is -1.62. The maximum Gasteiger partial charge on any atom is 0.339 e. The first-order chi connectivity index (χ1) is 9.70. The Labute approximate surface area is 119 Å². The second kappa shape index (κ2) is 7.24. The number of hydrogen-bond acceptors (Lipinski definition) is 5. The Morgan fingerprint density at radius 3 is 2.95 bits per heavy atom. The van der Waals surface area contributed by atoms with Gasteiger partial charge in [-0.25, -0.2) is 9.78 Å². The first-order valence-electron chi connectivity index (χ1n) is 7.13. The van der Waals surface area contributed by atoms with Gasteiger partial charge in [0.1, 0.15) is 0 Å². The van der Waals surface area contributed by atoms with Crippen LogP contribution in [-0.2, 0) is 4.74 Å². The van der Waals surface area contributed by atoms with Crippen molar-refractivity contribution in [3.05, 3.63) is 23.4 Å². The summed E-state index contributed by atoms with van der Waals surface area (Å²) < 4.78 is 10.3. The molecule has 1 atom stereocenters. The maximum absolute atomic E-state index is 11.5. The van der Waals surface area contributed by atoms with Crippen LogP contribution in [0.3, 0.4) is 0 Å². The molecule has 2 rings (SSSR count). The fourth-order valence-electron chi connectivity index (χ4n) is 2.42. The molecule has 1 unspecified atom stereocenters.